The van der Waals surface area contributed by atoms with Gasteiger partial charge in [0, 0.05) is 5.02 Å². The molecule has 0 fully saturated rings. The summed E-state index contributed by atoms with van der Waals surface area (Å²) in [5.41, 5.74) is 0. The monoisotopic (exact) mass is 286 g/mol. The van der Waals surface area contributed by atoms with Crippen LogP contribution in [0.3, 0.4) is 0 Å². The summed E-state index contributed by atoms with van der Waals surface area (Å²) in [7, 11) is 0. The van der Waals surface area contributed by atoms with Crippen molar-refractivity contribution in [3.63, 3.8) is 0 Å². The van der Waals surface area contributed by atoms with E-state index in [9.17, 15) is 4.39 Å². The fraction of sp³-hybridized carbons (Fsp3) is 0.143. The molecular formula is C7H5ClFIO. The zero-order valence-corrected chi connectivity index (χ0v) is 8.39. The maximum Gasteiger partial charge on any atom is 0.166 e. The van der Waals surface area contributed by atoms with Crippen LogP contribution in [-0.2, 0) is 0 Å². The van der Waals surface area contributed by atoms with Crippen molar-refractivity contribution < 1.29 is 9.13 Å². The van der Waals surface area contributed by atoms with E-state index in [-0.39, 0.29) is 5.75 Å². The number of rotatable bonds is 2. The lowest BCUT2D eigenvalue weighted by molar-refractivity contribution is 0.377. The molecule has 0 spiro atoms. The molecule has 1 aromatic rings. The Hall–Kier alpha value is -0.0300. The second-order valence-corrected chi connectivity index (χ2v) is 2.89. The van der Waals surface area contributed by atoms with Gasteiger partial charge in [-0.25, -0.2) is 4.39 Å². The van der Waals surface area contributed by atoms with Crippen molar-refractivity contribution in [2.45, 2.75) is 0 Å². The predicted molar refractivity (Wildman–Crippen MR) is 50.9 cm³/mol. The van der Waals surface area contributed by atoms with E-state index in [2.05, 4.69) is 0 Å². The van der Waals surface area contributed by atoms with Crippen molar-refractivity contribution >= 4 is 34.2 Å². The number of halogens is 3. The Bertz CT molecular complexity index is 254. The second kappa shape index (κ2) is 4.11. The molecule has 0 aromatic heterocycles. The van der Waals surface area contributed by atoms with Crippen LogP contribution in [0.2, 0.25) is 5.02 Å². The van der Waals surface area contributed by atoms with Gasteiger partial charge in [0.05, 0.1) is 0 Å². The third kappa shape index (κ3) is 2.48. The molecule has 1 nitrogen and oxygen atoms in total. The fourth-order valence-corrected chi connectivity index (χ4v) is 1.15. The second-order valence-electron chi connectivity index (χ2n) is 1.83. The molecule has 0 unspecified atom stereocenters. The van der Waals surface area contributed by atoms with Gasteiger partial charge in [0.1, 0.15) is 4.61 Å². The van der Waals surface area contributed by atoms with Gasteiger partial charge in [0.15, 0.2) is 11.6 Å². The summed E-state index contributed by atoms with van der Waals surface area (Å²) < 4.78 is 18.2. The van der Waals surface area contributed by atoms with Crippen molar-refractivity contribution in [1.29, 1.82) is 0 Å². The van der Waals surface area contributed by atoms with Gasteiger partial charge in [-0.1, -0.05) is 11.6 Å². The lowest BCUT2D eigenvalue weighted by Gasteiger charge is -2.02. The number of hydrogen-bond donors (Lipinski definition) is 0. The van der Waals surface area contributed by atoms with E-state index in [4.69, 9.17) is 16.3 Å². The number of alkyl halides is 1. The number of hydrogen-bond acceptors (Lipinski definition) is 1. The molecule has 1 aromatic carbocycles. The van der Waals surface area contributed by atoms with Crippen molar-refractivity contribution in [2.75, 3.05) is 4.61 Å². The van der Waals surface area contributed by atoms with E-state index < -0.39 is 5.82 Å². The molecule has 0 aliphatic rings. The van der Waals surface area contributed by atoms with Crippen LogP contribution in [0.5, 0.6) is 5.75 Å². The Morgan fingerprint density at radius 3 is 2.82 bits per heavy atom. The van der Waals surface area contributed by atoms with Gasteiger partial charge in [0.25, 0.3) is 0 Å². The van der Waals surface area contributed by atoms with E-state index in [1.165, 1.54) is 12.1 Å². The summed E-state index contributed by atoms with van der Waals surface area (Å²) in [6.07, 6.45) is 0. The van der Waals surface area contributed by atoms with Crippen LogP contribution >= 0.6 is 34.2 Å². The van der Waals surface area contributed by atoms with Crippen LogP contribution in [-0.4, -0.2) is 4.61 Å². The summed E-state index contributed by atoms with van der Waals surface area (Å²) in [6, 6.07) is 4.33. The molecular weight excluding hydrogens is 281 g/mol. The molecule has 0 aliphatic heterocycles. The van der Waals surface area contributed by atoms with E-state index in [1.807, 2.05) is 22.6 Å². The summed E-state index contributed by atoms with van der Waals surface area (Å²) in [5, 5.41) is 0.378. The largest absolute Gasteiger partial charge is 0.480 e. The Labute approximate surface area is 82.6 Å². The maximum atomic E-state index is 12.8. The zero-order chi connectivity index (χ0) is 8.27. The lowest BCUT2D eigenvalue weighted by atomic mass is 10.3. The summed E-state index contributed by atoms with van der Waals surface area (Å²) in [6.45, 7) is 0. The van der Waals surface area contributed by atoms with Gasteiger partial charge >= 0.3 is 0 Å². The molecule has 0 heterocycles. The lowest BCUT2D eigenvalue weighted by Crippen LogP contribution is -1.91. The first kappa shape index (κ1) is 9.06. The van der Waals surface area contributed by atoms with Crippen LogP contribution in [0.15, 0.2) is 18.2 Å². The molecule has 0 saturated carbocycles. The summed E-state index contributed by atoms with van der Waals surface area (Å²) in [4.78, 5) is 0. The van der Waals surface area contributed by atoms with Crippen LogP contribution < -0.4 is 4.74 Å². The molecule has 0 saturated heterocycles. The minimum absolute atomic E-state index is 0.240. The molecule has 0 amide bonds. The highest BCUT2D eigenvalue weighted by atomic mass is 127. The standard InChI is InChI=1S/C7H5ClFIO/c8-5-1-2-7(11-4-10)6(9)3-5/h1-3H,4H2. The van der Waals surface area contributed by atoms with E-state index >= 15 is 0 Å². The Kier molecular flexibility index (Phi) is 3.39. The third-order valence-electron chi connectivity index (χ3n) is 1.10. The van der Waals surface area contributed by atoms with Crippen molar-refractivity contribution in [2.24, 2.45) is 0 Å². The van der Waals surface area contributed by atoms with Gasteiger partial charge in [-0.05, 0) is 40.8 Å². The first-order valence-electron chi connectivity index (χ1n) is 2.88. The quantitative estimate of drug-likeness (QED) is 0.599. The van der Waals surface area contributed by atoms with Crippen LogP contribution in [0.25, 0.3) is 0 Å². The van der Waals surface area contributed by atoms with Crippen molar-refractivity contribution in [3.8, 4) is 5.75 Å². The summed E-state index contributed by atoms with van der Waals surface area (Å²) >= 11 is 7.51. The van der Waals surface area contributed by atoms with Gasteiger partial charge in [0.2, 0.25) is 0 Å². The van der Waals surface area contributed by atoms with E-state index in [1.54, 1.807) is 6.07 Å². The molecule has 0 aliphatic carbocycles. The SMILES string of the molecule is Fc1cc(Cl)ccc1OCI. The predicted octanol–water partition coefficient (Wildman–Crippen LogP) is 3.25. The van der Waals surface area contributed by atoms with E-state index in [0.29, 0.717) is 9.64 Å². The fourth-order valence-electron chi connectivity index (χ4n) is 0.651. The molecule has 4 heteroatoms. The molecule has 0 atom stereocenters. The Morgan fingerprint density at radius 1 is 1.55 bits per heavy atom. The minimum atomic E-state index is -0.422. The van der Waals surface area contributed by atoms with Crippen LogP contribution in [0.1, 0.15) is 0 Å². The van der Waals surface area contributed by atoms with Gasteiger partial charge in [-0.15, -0.1) is 0 Å². The normalized spacial score (nSPS) is 9.73. The number of ether oxygens (including phenoxy) is 1. The molecule has 60 valence electrons. The molecule has 0 radical (unpaired) electrons. The summed E-state index contributed by atoms with van der Waals surface area (Å²) in [5.74, 6) is -0.182. The van der Waals surface area contributed by atoms with E-state index in [0.717, 1.165) is 0 Å². The van der Waals surface area contributed by atoms with Gasteiger partial charge < -0.3 is 4.74 Å². The zero-order valence-electron chi connectivity index (χ0n) is 5.48. The Balaban J connectivity index is 2.90. The number of benzene rings is 1. The molecule has 0 bridgehead atoms. The van der Waals surface area contributed by atoms with Crippen molar-refractivity contribution in [3.05, 3.63) is 29.0 Å². The van der Waals surface area contributed by atoms with Crippen molar-refractivity contribution in [1.82, 2.24) is 0 Å². The first-order chi connectivity index (χ1) is 5.24. The third-order valence-corrected chi connectivity index (χ3v) is 1.65. The van der Waals surface area contributed by atoms with Gasteiger partial charge in [-0.2, -0.15) is 0 Å². The maximum absolute atomic E-state index is 12.8. The average molecular weight is 286 g/mol. The van der Waals surface area contributed by atoms with Crippen LogP contribution in [0.4, 0.5) is 4.39 Å². The topological polar surface area (TPSA) is 9.23 Å². The molecule has 0 N–H and O–H groups in total. The highest BCUT2D eigenvalue weighted by Gasteiger charge is 2.01. The average Bonchev–Trinajstić information content (AvgIpc) is 1.95. The van der Waals surface area contributed by atoms with Gasteiger partial charge in [-0.3, -0.25) is 0 Å². The highest BCUT2D eigenvalue weighted by Crippen LogP contribution is 2.21. The smallest absolute Gasteiger partial charge is 0.166 e. The highest BCUT2D eigenvalue weighted by molar-refractivity contribution is 14.1. The Morgan fingerprint density at radius 2 is 2.27 bits per heavy atom. The molecule has 11 heavy (non-hydrogen) atoms. The minimum Gasteiger partial charge on any atom is -0.480 e. The van der Waals surface area contributed by atoms with Crippen LogP contribution in [0, 0.1) is 5.82 Å². The first-order valence-corrected chi connectivity index (χ1v) is 4.78. The molecule has 1 rings (SSSR count).